The van der Waals surface area contributed by atoms with E-state index in [9.17, 15) is 4.79 Å². The van der Waals surface area contributed by atoms with E-state index in [0.717, 1.165) is 5.69 Å². The SMILES string of the molecule is O=C1Nc2cnccc2/C1=N/OCc1ccccn1. The van der Waals surface area contributed by atoms with Gasteiger partial charge in [-0.05, 0) is 18.2 Å². The zero-order chi connectivity index (χ0) is 13.1. The largest absolute Gasteiger partial charge is 0.389 e. The lowest BCUT2D eigenvalue weighted by Gasteiger charge is -1.99. The number of pyridine rings is 2. The van der Waals surface area contributed by atoms with Gasteiger partial charge in [-0.15, -0.1) is 0 Å². The number of fused-ring (bicyclic) bond motifs is 1. The Morgan fingerprint density at radius 3 is 3.05 bits per heavy atom. The first-order valence-electron chi connectivity index (χ1n) is 5.70. The Labute approximate surface area is 109 Å². The van der Waals surface area contributed by atoms with Crippen molar-refractivity contribution in [3.8, 4) is 0 Å². The van der Waals surface area contributed by atoms with Crippen LogP contribution in [0.2, 0.25) is 0 Å². The quantitative estimate of drug-likeness (QED) is 0.839. The van der Waals surface area contributed by atoms with Gasteiger partial charge in [0.15, 0.2) is 12.3 Å². The summed E-state index contributed by atoms with van der Waals surface area (Å²) in [6, 6.07) is 7.23. The summed E-state index contributed by atoms with van der Waals surface area (Å²) in [6.45, 7) is 0.220. The van der Waals surface area contributed by atoms with Crippen LogP contribution in [0.25, 0.3) is 0 Å². The molecule has 0 radical (unpaired) electrons. The highest BCUT2D eigenvalue weighted by Gasteiger charge is 2.26. The molecule has 0 saturated heterocycles. The zero-order valence-electron chi connectivity index (χ0n) is 9.91. The monoisotopic (exact) mass is 254 g/mol. The van der Waals surface area contributed by atoms with E-state index in [0.29, 0.717) is 11.3 Å². The zero-order valence-corrected chi connectivity index (χ0v) is 9.91. The third-order valence-corrected chi connectivity index (χ3v) is 2.63. The predicted molar refractivity (Wildman–Crippen MR) is 68.4 cm³/mol. The van der Waals surface area contributed by atoms with Crippen LogP contribution in [0.1, 0.15) is 11.3 Å². The van der Waals surface area contributed by atoms with Gasteiger partial charge in [-0.2, -0.15) is 0 Å². The number of oxime groups is 1. The van der Waals surface area contributed by atoms with Crippen LogP contribution in [0.4, 0.5) is 5.69 Å². The van der Waals surface area contributed by atoms with Crippen LogP contribution in [-0.2, 0) is 16.2 Å². The fourth-order valence-corrected chi connectivity index (χ4v) is 1.74. The van der Waals surface area contributed by atoms with Crippen LogP contribution in [0.3, 0.4) is 0 Å². The summed E-state index contributed by atoms with van der Waals surface area (Å²) >= 11 is 0. The molecular weight excluding hydrogens is 244 g/mol. The third-order valence-electron chi connectivity index (χ3n) is 2.63. The van der Waals surface area contributed by atoms with Gasteiger partial charge in [0.1, 0.15) is 0 Å². The molecule has 0 unspecified atom stereocenters. The predicted octanol–water partition coefficient (Wildman–Crippen LogP) is 1.35. The molecule has 3 rings (SSSR count). The molecule has 1 aliphatic rings. The summed E-state index contributed by atoms with van der Waals surface area (Å²) in [6.07, 6.45) is 4.86. The van der Waals surface area contributed by atoms with Crippen molar-refractivity contribution in [3.05, 3.63) is 54.1 Å². The summed E-state index contributed by atoms with van der Waals surface area (Å²) in [4.78, 5) is 24.9. The van der Waals surface area contributed by atoms with E-state index in [4.69, 9.17) is 4.84 Å². The second kappa shape index (κ2) is 4.85. The molecule has 0 aliphatic carbocycles. The average Bonchev–Trinajstić information content (AvgIpc) is 2.76. The lowest BCUT2D eigenvalue weighted by atomic mass is 10.2. The Kier molecular flexibility index (Phi) is 2.89. The molecule has 0 fully saturated rings. The summed E-state index contributed by atoms with van der Waals surface area (Å²) in [7, 11) is 0. The summed E-state index contributed by atoms with van der Waals surface area (Å²) in [5.41, 5.74) is 2.35. The highest BCUT2D eigenvalue weighted by atomic mass is 16.6. The van der Waals surface area contributed by atoms with E-state index in [1.165, 1.54) is 0 Å². The molecule has 6 heteroatoms. The lowest BCUT2D eigenvalue weighted by Crippen LogP contribution is -2.14. The van der Waals surface area contributed by atoms with Crippen molar-refractivity contribution in [2.45, 2.75) is 6.61 Å². The first kappa shape index (κ1) is 11.3. The third kappa shape index (κ3) is 2.28. The van der Waals surface area contributed by atoms with Crippen molar-refractivity contribution in [2.24, 2.45) is 5.16 Å². The molecule has 1 amide bonds. The second-order valence-corrected chi connectivity index (χ2v) is 3.91. The fourth-order valence-electron chi connectivity index (χ4n) is 1.74. The normalized spacial score (nSPS) is 15.2. The van der Waals surface area contributed by atoms with E-state index < -0.39 is 0 Å². The number of hydrogen-bond acceptors (Lipinski definition) is 5. The highest BCUT2D eigenvalue weighted by molar-refractivity contribution is 6.53. The van der Waals surface area contributed by atoms with Gasteiger partial charge in [0.2, 0.25) is 0 Å². The highest BCUT2D eigenvalue weighted by Crippen LogP contribution is 2.21. The Morgan fingerprint density at radius 2 is 2.21 bits per heavy atom. The Hall–Kier alpha value is -2.76. The van der Waals surface area contributed by atoms with Crippen LogP contribution >= 0.6 is 0 Å². The van der Waals surface area contributed by atoms with Crippen molar-refractivity contribution >= 4 is 17.3 Å². The van der Waals surface area contributed by atoms with Crippen LogP contribution in [0.5, 0.6) is 0 Å². The number of aromatic nitrogens is 2. The van der Waals surface area contributed by atoms with Crippen molar-refractivity contribution in [1.82, 2.24) is 9.97 Å². The molecule has 2 aromatic rings. The first-order chi connectivity index (χ1) is 9.34. The molecule has 1 N–H and O–H groups in total. The minimum atomic E-state index is -0.288. The first-order valence-corrected chi connectivity index (χ1v) is 5.70. The van der Waals surface area contributed by atoms with E-state index in [-0.39, 0.29) is 18.2 Å². The number of nitrogens with zero attached hydrogens (tertiary/aromatic N) is 3. The maximum absolute atomic E-state index is 11.7. The molecule has 0 atom stereocenters. The minimum absolute atomic E-state index is 0.220. The number of amides is 1. The standard InChI is InChI=1S/C13H10N4O2/c18-13-12(10-4-6-14-7-11(10)16-13)17-19-8-9-3-1-2-5-15-9/h1-7H,8H2,(H,16,17,18). The average molecular weight is 254 g/mol. The summed E-state index contributed by atoms with van der Waals surface area (Å²) < 4.78 is 0. The lowest BCUT2D eigenvalue weighted by molar-refractivity contribution is -0.110. The molecule has 0 spiro atoms. The molecule has 2 aromatic heterocycles. The van der Waals surface area contributed by atoms with E-state index >= 15 is 0 Å². The number of rotatable bonds is 3. The van der Waals surface area contributed by atoms with E-state index in [2.05, 4.69) is 20.4 Å². The molecule has 3 heterocycles. The molecule has 19 heavy (non-hydrogen) atoms. The molecule has 94 valence electrons. The van der Waals surface area contributed by atoms with Gasteiger partial charge in [-0.3, -0.25) is 14.8 Å². The van der Waals surface area contributed by atoms with Gasteiger partial charge in [-0.25, -0.2) is 0 Å². The van der Waals surface area contributed by atoms with E-state index in [1.54, 1.807) is 24.7 Å². The minimum Gasteiger partial charge on any atom is -0.389 e. The summed E-state index contributed by atoms with van der Waals surface area (Å²) in [5.74, 6) is -0.288. The topological polar surface area (TPSA) is 76.5 Å². The van der Waals surface area contributed by atoms with Gasteiger partial charge >= 0.3 is 0 Å². The molecule has 6 nitrogen and oxygen atoms in total. The van der Waals surface area contributed by atoms with Crippen molar-refractivity contribution in [3.63, 3.8) is 0 Å². The van der Waals surface area contributed by atoms with Crippen LogP contribution in [0, 0.1) is 0 Å². The Balaban J connectivity index is 1.76. The Bertz CT molecular complexity index is 640. The van der Waals surface area contributed by atoms with Gasteiger partial charge < -0.3 is 10.2 Å². The number of nitrogens with one attached hydrogen (secondary N) is 1. The molecule has 0 aromatic carbocycles. The number of hydrogen-bond donors (Lipinski definition) is 1. The van der Waals surface area contributed by atoms with Gasteiger partial charge in [0.05, 0.1) is 17.6 Å². The second-order valence-electron chi connectivity index (χ2n) is 3.91. The smallest absolute Gasteiger partial charge is 0.278 e. The maximum Gasteiger partial charge on any atom is 0.278 e. The van der Waals surface area contributed by atoms with Crippen molar-refractivity contribution < 1.29 is 9.63 Å². The fraction of sp³-hybridized carbons (Fsp3) is 0.0769. The number of anilines is 1. The summed E-state index contributed by atoms with van der Waals surface area (Å²) in [5, 5.41) is 6.55. The van der Waals surface area contributed by atoms with Crippen LogP contribution in [0.15, 0.2) is 48.0 Å². The Morgan fingerprint density at radius 1 is 1.26 bits per heavy atom. The number of carbonyl (C=O) groups is 1. The van der Waals surface area contributed by atoms with Crippen molar-refractivity contribution in [2.75, 3.05) is 5.32 Å². The number of carbonyl (C=O) groups excluding carboxylic acids is 1. The molecule has 0 saturated carbocycles. The van der Waals surface area contributed by atoms with Gasteiger partial charge in [0, 0.05) is 18.0 Å². The maximum atomic E-state index is 11.7. The van der Waals surface area contributed by atoms with E-state index in [1.807, 2.05) is 18.2 Å². The van der Waals surface area contributed by atoms with Gasteiger partial charge in [0.25, 0.3) is 5.91 Å². The van der Waals surface area contributed by atoms with Crippen LogP contribution in [-0.4, -0.2) is 21.6 Å². The van der Waals surface area contributed by atoms with Crippen LogP contribution < -0.4 is 5.32 Å². The van der Waals surface area contributed by atoms with Gasteiger partial charge in [-0.1, -0.05) is 11.2 Å². The molecule has 0 bridgehead atoms. The van der Waals surface area contributed by atoms with Crippen molar-refractivity contribution in [1.29, 1.82) is 0 Å². The molecular formula is C13H10N4O2. The molecule has 1 aliphatic heterocycles.